The number of nitrogens with zero attached hydrogens (tertiary/aromatic N) is 2. The quantitative estimate of drug-likeness (QED) is 0.862. The smallest absolute Gasteiger partial charge is 0.0866 e. The van der Waals surface area contributed by atoms with Gasteiger partial charge < -0.3 is 10.4 Å². The van der Waals surface area contributed by atoms with E-state index in [1.165, 1.54) is 5.56 Å². The summed E-state index contributed by atoms with van der Waals surface area (Å²) in [6.45, 7) is 0.961. The fourth-order valence-corrected chi connectivity index (χ4v) is 2.52. The third-order valence-corrected chi connectivity index (χ3v) is 3.41. The van der Waals surface area contributed by atoms with Crippen LogP contribution in [-0.4, -0.2) is 21.4 Å². The monoisotopic (exact) mass is 243 g/mol. The standard InChI is InChI=1S/C14H17N3O/c1-17-8-6-11(16-17)9-13(18)12-4-2-3-10-5-7-15-14(10)12/h2-4,6,8,13,15,18H,5,7,9H2,1H3. The van der Waals surface area contributed by atoms with Gasteiger partial charge in [0.25, 0.3) is 0 Å². The summed E-state index contributed by atoms with van der Waals surface area (Å²) in [5, 5.41) is 18.0. The number of rotatable bonds is 3. The van der Waals surface area contributed by atoms with E-state index in [9.17, 15) is 5.11 Å². The fourth-order valence-electron chi connectivity index (χ4n) is 2.52. The summed E-state index contributed by atoms with van der Waals surface area (Å²) in [5.41, 5.74) is 4.31. The second-order valence-electron chi connectivity index (χ2n) is 4.76. The molecule has 2 heterocycles. The van der Waals surface area contributed by atoms with E-state index in [-0.39, 0.29) is 0 Å². The maximum atomic E-state index is 10.4. The third kappa shape index (κ3) is 1.99. The molecule has 0 bridgehead atoms. The average molecular weight is 243 g/mol. The number of anilines is 1. The highest BCUT2D eigenvalue weighted by atomic mass is 16.3. The van der Waals surface area contributed by atoms with E-state index in [2.05, 4.69) is 16.5 Å². The zero-order valence-corrected chi connectivity index (χ0v) is 10.4. The minimum Gasteiger partial charge on any atom is -0.388 e. The largest absolute Gasteiger partial charge is 0.388 e. The van der Waals surface area contributed by atoms with Crippen LogP contribution in [0, 0.1) is 0 Å². The summed E-state index contributed by atoms with van der Waals surface area (Å²) in [6, 6.07) is 8.07. The number of hydrogen-bond donors (Lipinski definition) is 2. The lowest BCUT2D eigenvalue weighted by Gasteiger charge is -2.14. The van der Waals surface area contributed by atoms with Crippen LogP contribution < -0.4 is 5.32 Å². The molecule has 2 aromatic rings. The number of hydrogen-bond acceptors (Lipinski definition) is 3. The number of fused-ring (bicyclic) bond motifs is 1. The number of aliphatic hydroxyl groups excluding tert-OH is 1. The molecule has 4 nitrogen and oxygen atoms in total. The highest BCUT2D eigenvalue weighted by molar-refractivity contribution is 5.61. The van der Waals surface area contributed by atoms with Crippen LogP contribution in [0.3, 0.4) is 0 Å². The van der Waals surface area contributed by atoms with E-state index < -0.39 is 6.10 Å². The summed E-state index contributed by atoms with van der Waals surface area (Å²) in [4.78, 5) is 0. The predicted molar refractivity (Wildman–Crippen MR) is 70.5 cm³/mol. The van der Waals surface area contributed by atoms with Crippen LogP contribution in [0.1, 0.15) is 22.9 Å². The Bertz CT molecular complexity index is 562. The maximum absolute atomic E-state index is 10.4. The van der Waals surface area contributed by atoms with Crippen LogP contribution in [0.2, 0.25) is 0 Å². The molecule has 2 N–H and O–H groups in total. The molecule has 1 aromatic heterocycles. The highest BCUT2D eigenvalue weighted by Gasteiger charge is 2.19. The molecule has 0 fully saturated rings. The van der Waals surface area contributed by atoms with Gasteiger partial charge in [-0.15, -0.1) is 0 Å². The van der Waals surface area contributed by atoms with Gasteiger partial charge in [0.05, 0.1) is 11.8 Å². The summed E-state index contributed by atoms with van der Waals surface area (Å²) in [6.07, 6.45) is 2.99. The van der Waals surface area contributed by atoms with Gasteiger partial charge in [0, 0.05) is 37.5 Å². The number of nitrogens with one attached hydrogen (secondary N) is 1. The van der Waals surface area contributed by atoms with Crippen LogP contribution in [0.25, 0.3) is 0 Å². The van der Waals surface area contributed by atoms with Gasteiger partial charge in [-0.05, 0) is 18.1 Å². The number of aliphatic hydroxyl groups is 1. The Morgan fingerprint density at radius 2 is 2.33 bits per heavy atom. The van der Waals surface area contributed by atoms with Crippen LogP contribution in [0.4, 0.5) is 5.69 Å². The van der Waals surface area contributed by atoms with Crippen molar-refractivity contribution < 1.29 is 5.11 Å². The Morgan fingerprint density at radius 3 is 3.11 bits per heavy atom. The Morgan fingerprint density at radius 1 is 1.44 bits per heavy atom. The van der Waals surface area contributed by atoms with E-state index in [0.29, 0.717) is 6.42 Å². The van der Waals surface area contributed by atoms with Crippen LogP contribution in [0.15, 0.2) is 30.5 Å². The van der Waals surface area contributed by atoms with E-state index in [0.717, 1.165) is 29.9 Å². The van der Waals surface area contributed by atoms with Crippen LogP contribution in [0.5, 0.6) is 0 Å². The first-order valence-electron chi connectivity index (χ1n) is 6.26. The molecule has 1 atom stereocenters. The molecule has 3 rings (SSSR count). The second-order valence-corrected chi connectivity index (χ2v) is 4.76. The van der Waals surface area contributed by atoms with Gasteiger partial charge in [0.15, 0.2) is 0 Å². The highest BCUT2D eigenvalue weighted by Crippen LogP contribution is 2.31. The van der Waals surface area contributed by atoms with Crippen molar-refractivity contribution >= 4 is 5.69 Å². The minimum atomic E-state index is -0.500. The first kappa shape index (κ1) is 11.3. The Balaban J connectivity index is 1.84. The second kappa shape index (κ2) is 4.46. The molecule has 94 valence electrons. The van der Waals surface area contributed by atoms with Gasteiger partial charge in [-0.25, -0.2) is 0 Å². The number of para-hydroxylation sites is 1. The van der Waals surface area contributed by atoms with Crippen LogP contribution in [-0.2, 0) is 19.9 Å². The molecule has 0 saturated carbocycles. The van der Waals surface area contributed by atoms with Crippen molar-refractivity contribution in [1.82, 2.24) is 9.78 Å². The van der Waals surface area contributed by atoms with E-state index in [4.69, 9.17) is 0 Å². The molecule has 1 unspecified atom stereocenters. The molecular formula is C14H17N3O. The zero-order chi connectivity index (χ0) is 12.5. The molecular weight excluding hydrogens is 226 g/mol. The van der Waals surface area contributed by atoms with Crippen LogP contribution >= 0.6 is 0 Å². The molecule has 0 amide bonds. The molecule has 18 heavy (non-hydrogen) atoms. The summed E-state index contributed by atoms with van der Waals surface area (Å²) in [5.74, 6) is 0. The third-order valence-electron chi connectivity index (χ3n) is 3.41. The van der Waals surface area contributed by atoms with Crippen molar-refractivity contribution in [1.29, 1.82) is 0 Å². The molecule has 0 radical (unpaired) electrons. The Kier molecular flexibility index (Phi) is 2.80. The molecule has 1 aliphatic heterocycles. The lowest BCUT2D eigenvalue weighted by molar-refractivity contribution is 0.177. The molecule has 0 spiro atoms. The normalized spacial score (nSPS) is 15.2. The maximum Gasteiger partial charge on any atom is 0.0866 e. The van der Waals surface area contributed by atoms with Gasteiger partial charge in [-0.2, -0.15) is 5.10 Å². The lowest BCUT2D eigenvalue weighted by atomic mass is 10.00. The average Bonchev–Trinajstić information content (AvgIpc) is 2.97. The van der Waals surface area contributed by atoms with Crippen molar-refractivity contribution in [3.8, 4) is 0 Å². The summed E-state index contributed by atoms with van der Waals surface area (Å²) >= 11 is 0. The predicted octanol–water partition coefficient (Wildman–Crippen LogP) is 1.66. The lowest BCUT2D eigenvalue weighted by Crippen LogP contribution is -2.06. The van der Waals surface area contributed by atoms with Crippen molar-refractivity contribution in [3.63, 3.8) is 0 Å². The van der Waals surface area contributed by atoms with E-state index in [1.807, 2.05) is 31.4 Å². The van der Waals surface area contributed by atoms with Crippen molar-refractivity contribution in [2.75, 3.05) is 11.9 Å². The van der Waals surface area contributed by atoms with Gasteiger partial charge in [-0.1, -0.05) is 18.2 Å². The zero-order valence-electron chi connectivity index (χ0n) is 10.4. The number of aryl methyl sites for hydroxylation is 1. The molecule has 4 heteroatoms. The van der Waals surface area contributed by atoms with E-state index >= 15 is 0 Å². The number of benzene rings is 1. The molecule has 1 aromatic carbocycles. The van der Waals surface area contributed by atoms with E-state index in [1.54, 1.807) is 4.68 Å². The minimum absolute atomic E-state index is 0.500. The Labute approximate surface area is 106 Å². The first-order chi connectivity index (χ1) is 8.74. The first-order valence-corrected chi connectivity index (χ1v) is 6.26. The SMILES string of the molecule is Cn1ccc(CC(O)c2cccc3c2NCC3)n1. The fraction of sp³-hybridized carbons (Fsp3) is 0.357. The Hall–Kier alpha value is -1.81. The molecule has 1 aliphatic rings. The van der Waals surface area contributed by atoms with Gasteiger partial charge in [0.2, 0.25) is 0 Å². The van der Waals surface area contributed by atoms with Gasteiger partial charge >= 0.3 is 0 Å². The summed E-state index contributed by atoms with van der Waals surface area (Å²) < 4.78 is 1.76. The van der Waals surface area contributed by atoms with Crippen molar-refractivity contribution in [2.45, 2.75) is 18.9 Å². The number of aromatic nitrogens is 2. The summed E-state index contributed by atoms with van der Waals surface area (Å²) in [7, 11) is 1.89. The molecule has 0 saturated heterocycles. The topological polar surface area (TPSA) is 50.1 Å². The van der Waals surface area contributed by atoms with Crippen molar-refractivity contribution in [2.24, 2.45) is 7.05 Å². The van der Waals surface area contributed by atoms with Gasteiger partial charge in [-0.3, -0.25) is 4.68 Å². The molecule has 0 aliphatic carbocycles. The van der Waals surface area contributed by atoms with Crippen molar-refractivity contribution in [3.05, 3.63) is 47.3 Å². The van der Waals surface area contributed by atoms with Gasteiger partial charge in [0.1, 0.15) is 0 Å².